The highest BCUT2D eigenvalue weighted by Gasteiger charge is 2.68. The van der Waals surface area contributed by atoms with Crippen LogP contribution < -0.4 is 0 Å². The molecular formula is C21H28O5. The van der Waals surface area contributed by atoms with Crippen molar-refractivity contribution in [2.24, 2.45) is 28.6 Å². The van der Waals surface area contributed by atoms with E-state index in [1.54, 1.807) is 6.08 Å². The van der Waals surface area contributed by atoms with Gasteiger partial charge in [-0.05, 0) is 55.4 Å². The molecule has 6 atom stereocenters. The van der Waals surface area contributed by atoms with Crippen LogP contribution in [0.2, 0.25) is 0 Å². The average Bonchev–Trinajstić information content (AvgIpc) is 2.86. The summed E-state index contributed by atoms with van der Waals surface area (Å²) in [5, 5.41) is 20.5. The number of aliphatic hydroxyl groups excluding tert-OH is 1. The Balaban J connectivity index is 1.75. The van der Waals surface area contributed by atoms with E-state index in [9.17, 15) is 24.6 Å². The van der Waals surface area contributed by atoms with Crippen molar-refractivity contribution in [3.05, 3.63) is 11.6 Å². The summed E-state index contributed by atoms with van der Waals surface area (Å²) in [6.45, 7) is 3.31. The fraction of sp³-hybridized carbons (Fsp3) is 0.762. The number of Topliss-reactive ketones (excluding diaryl/α,β-unsaturated/α-hetero) is 2. The first kappa shape index (κ1) is 18.1. The minimum Gasteiger partial charge on any atom is -0.388 e. The van der Waals surface area contributed by atoms with Crippen LogP contribution in [0.4, 0.5) is 0 Å². The second-order valence-corrected chi connectivity index (χ2v) is 9.38. The largest absolute Gasteiger partial charge is 0.388 e. The number of allylic oxidation sites excluding steroid dienone is 1. The van der Waals surface area contributed by atoms with Gasteiger partial charge in [-0.3, -0.25) is 14.4 Å². The first-order chi connectivity index (χ1) is 12.2. The Morgan fingerprint density at radius 2 is 1.92 bits per heavy atom. The maximum absolute atomic E-state index is 13.3. The van der Waals surface area contributed by atoms with Gasteiger partial charge in [0.25, 0.3) is 0 Å². The molecule has 4 rings (SSSR count). The molecule has 5 heteroatoms. The SMILES string of the molecule is C[C@]12CCC(=O)C=C1CCC1[C@@H]2C(=O)C[C@@]2(C)[C@H]1CC[C@]2(O)C(=O)CO. The lowest BCUT2D eigenvalue weighted by atomic mass is 9.46. The van der Waals surface area contributed by atoms with Crippen molar-refractivity contribution in [2.75, 3.05) is 6.61 Å². The van der Waals surface area contributed by atoms with E-state index < -0.39 is 23.4 Å². The van der Waals surface area contributed by atoms with Gasteiger partial charge >= 0.3 is 0 Å². The number of hydrogen-bond donors (Lipinski definition) is 2. The van der Waals surface area contributed by atoms with Crippen LogP contribution in [-0.4, -0.2) is 39.8 Å². The Labute approximate surface area is 153 Å². The standard InChI is InChI=1S/C21H28O5/c1-19-7-5-13(23)9-12(19)3-4-14-15-6-8-21(26,17(25)11-22)20(15,2)10-16(24)18(14)19/h9,14-15,18,22,26H,3-8,10-11H2,1-2H3/t14?,15-,18+,19-,20-,21-/m0/s1. The van der Waals surface area contributed by atoms with E-state index in [1.165, 1.54) is 0 Å². The molecule has 5 nitrogen and oxygen atoms in total. The molecule has 0 aromatic carbocycles. The number of fused-ring (bicyclic) bond motifs is 5. The molecule has 4 aliphatic rings. The number of carbonyl (C=O) groups is 3. The van der Waals surface area contributed by atoms with Crippen LogP contribution in [-0.2, 0) is 14.4 Å². The molecule has 0 spiro atoms. The van der Waals surface area contributed by atoms with Gasteiger partial charge < -0.3 is 10.2 Å². The highest BCUT2D eigenvalue weighted by Crippen LogP contribution is 2.66. The highest BCUT2D eigenvalue weighted by molar-refractivity contribution is 5.94. The van der Waals surface area contributed by atoms with Gasteiger partial charge in [-0.25, -0.2) is 0 Å². The van der Waals surface area contributed by atoms with Crippen molar-refractivity contribution in [1.29, 1.82) is 0 Å². The summed E-state index contributed by atoms with van der Waals surface area (Å²) in [6.07, 6.45) is 5.83. The molecule has 1 unspecified atom stereocenters. The third kappa shape index (κ3) is 2.07. The molecule has 0 bridgehead atoms. The van der Waals surface area contributed by atoms with Crippen LogP contribution in [0.3, 0.4) is 0 Å². The minimum absolute atomic E-state index is 0.0988. The van der Waals surface area contributed by atoms with Gasteiger partial charge in [0.1, 0.15) is 18.0 Å². The lowest BCUT2D eigenvalue weighted by Gasteiger charge is -2.57. The molecule has 4 aliphatic carbocycles. The van der Waals surface area contributed by atoms with Crippen molar-refractivity contribution in [3.63, 3.8) is 0 Å². The molecule has 0 aromatic heterocycles. The summed E-state index contributed by atoms with van der Waals surface area (Å²) in [4.78, 5) is 37.5. The van der Waals surface area contributed by atoms with E-state index in [2.05, 4.69) is 6.92 Å². The quantitative estimate of drug-likeness (QED) is 0.786. The molecule has 0 heterocycles. The normalized spacial score (nSPS) is 47.7. The molecule has 0 amide bonds. The van der Waals surface area contributed by atoms with E-state index in [-0.39, 0.29) is 41.2 Å². The van der Waals surface area contributed by atoms with Crippen LogP contribution in [0.15, 0.2) is 11.6 Å². The fourth-order valence-corrected chi connectivity index (χ4v) is 6.98. The van der Waals surface area contributed by atoms with Crippen LogP contribution >= 0.6 is 0 Å². The summed E-state index contributed by atoms with van der Waals surface area (Å²) < 4.78 is 0. The molecule has 2 N–H and O–H groups in total. The lowest BCUT2D eigenvalue weighted by molar-refractivity contribution is -0.170. The molecule has 26 heavy (non-hydrogen) atoms. The zero-order valence-electron chi connectivity index (χ0n) is 15.6. The monoisotopic (exact) mass is 360 g/mol. The van der Waals surface area contributed by atoms with E-state index >= 15 is 0 Å². The summed E-state index contributed by atoms with van der Waals surface area (Å²) in [5.41, 5.74) is -1.55. The average molecular weight is 360 g/mol. The molecule has 3 saturated carbocycles. The molecule has 0 radical (unpaired) electrons. The number of hydrogen-bond acceptors (Lipinski definition) is 5. The Morgan fingerprint density at radius 1 is 1.19 bits per heavy atom. The predicted molar refractivity (Wildman–Crippen MR) is 94.1 cm³/mol. The molecule has 0 aliphatic heterocycles. The fourth-order valence-electron chi connectivity index (χ4n) is 6.98. The Kier molecular flexibility index (Phi) is 3.88. The maximum atomic E-state index is 13.3. The van der Waals surface area contributed by atoms with Gasteiger partial charge in [0.05, 0.1) is 0 Å². The van der Waals surface area contributed by atoms with Crippen molar-refractivity contribution >= 4 is 17.3 Å². The second kappa shape index (κ2) is 5.59. The Hall–Kier alpha value is -1.33. The van der Waals surface area contributed by atoms with Gasteiger partial charge in [0, 0.05) is 24.2 Å². The van der Waals surface area contributed by atoms with Crippen molar-refractivity contribution < 1.29 is 24.6 Å². The minimum atomic E-state index is -1.60. The summed E-state index contributed by atoms with van der Waals surface area (Å²) in [5.74, 6) is -0.172. The maximum Gasteiger partial charge on any atom is 0.190 e. The van der Waals surface area contributed by atoms with E-state index in [1.807, 2.05) is 6.92 Å². The summed E-state index contributed by atoms with van der Waals surface area (Å²) in [6, 6.07) is 0. The predicted octanol–water partition coefficient (Wildman–Crippen LogP) is 1.99. The van der Waals surface area contributed by atoms with E-state index in [4.69, 9.17) is 0 Å². The summed E-state index contributed by atoms with van der Waals surface area (Å²) >= 11 is 0. The Morgan fingerprint density at radius 3 is 2.62 bits per heavy atom. The zero-order chi connectivity index (χ0) is 18.9. The highest BCUT2D eigenvalue weighted by atomic mass is 16.3. The van der Waals surface area contributed by atoms with Gasteiger partial charge in [0.2, 0.25) is 0 Å². The van der Waals surface area contributed by atoms with Crippen molar-refractivity contribution in [1.82, 2.24) is 0 Å². The van der Waals surface area contributed by atoms with E-state index in [0.29, 0.717) is 25.7 Å². The number of aliphatic hydroxyl groups is 2. The van der Waals surface area contributed by atoms with Crippen LogP contribution in [0.1, 0.15) is 58.8 Å². The third-order valence-electron chi connectivity index (χ3n) is 8.41. The zero-order valence-corrected chi connectivity index (χ0v) is 15.6. The first-order valence-corrected chi connectivity index (χ1v) is 9.80. The van der Waals surface area contributed by atoms with Gasteiger partial charge in [-0.15, -0.1) is 0 Å². The lowest BCUT2D eigenvalue weighted by Crippen LogP contribution is -2.60. The third-order valence-corrected chi connectivity index (χ3v) is 8.41. The van der Waals surface area contributed by atoms with E-state index in [0.717, 1.165) is 18.4 Å². The van der Waals surface area contributed by atoms with Crippen LogP contribution in [0.5, 0.6) is 0 Å². The molecular weight excluding hydrogens is 332 g/mol. The molecule has 0 saturated heterocycles. The van der Waals surface area contributed by atoms with Crippen LogP contribution in [0.25, 0.3) is 0 Å². The number of rotatable bonds is 2. The van der Waals surface area contributed by atoms with Crippen molar-refractivity contribution in [2.45, 2.75) is 64.4 Å². The number of ketones is 3. The van der Waals surface area contributed by atoms with Gasteiger partial charge in [0.15, 0.2) is 11.6 Å². The molecule has 3 fully saturated rings. The molecule has 0 aromatic rings. The summed E-state index contributed by atoms with van der Waals surface area (Å²) in [7, 11) is 0. The van der Waals surface area contributed by atoms with Gasteiger partial charge in [-0.2, -0.15) is 0 Å². The number of carbonyl (C=O) groups excluding carboxylic acids is 3. The molecule has 142 valence electrons. The topological polar surface area (TPSA) is 91.7 Å². The van der Waals surface area contributed by atoms with Gasteiger partial charge in [-0.1, -0.05) is 19.4 Å². The first-order valence-electron chi connectivity index (χ1n) is 9.80. The smallest absolute Gasteiger partial charge is 0.190 e. The Bertz CT molecular complexity index is 724. The second-order valence-electron chi connectivity index (χ2n) is 9.38. The van der Waals surface area contributed by atoms with Crippen molar-refractivity contribution in [3.8, 4) is 0 Å². The van der Waals surface area contributed by atoms with Crippen LogP contribution in [0, 0.1) is 28.6 Å².